The molecule has 0 aliphatic heterocycles. The minimum Gasteiger partial charge on any atom is -0.508 e. The number of aliphatic hydroxyl groups excluding tert-OH is 1. The number of hydrogen-bond acceptors (Lipinski definition) is 3. The molecule has 0 saturated heterocycles. The lowest BCUT2D eigenvalue weighted by Crippen LogP contribution is -2.06. The lowest BCUT2D eigenvalue weighted by atomic mass is 10.1. The summed E-state index contributed by atoms with van der Waals surface area (Å²) in [5, 5.41) is 19.0. The fourth-order valence-corrected chi connectivity index (χ4v) is 1.46. The van der Waals surface area contributed by atoms with E-state index in [0.717, 1.165) is 4.47 Å². The summed E-state index contributed by atoms with van der Waals surface area (Å²) in [6.07, 6.45) is -0.229. The molecule has 0 unspecified atom stereocenters. The van der Waals surface area contributed by atoms with Gasteiger partial charge in [0, 0.05) is 10.0 Å². The molecule has 0 bridgehead atoms. The Morgan fingerprint density at radius 3 is 2.69 bits per heavy atom. The van der Waals surface area contributed by atoms with Crippen LogP contribution in [0.3, 0.4) is 0 Å². The van der Waals surface area contributed by atoms with Crippen molar-refractivity contribution in [3.8, 4) is 5.75 Å². The summed E-state index contributed by atoms with van der Waals surface area (Å²) in [6, 6.07) is 5.00. The van der Waals surface area contributed by atoms with Crippen molar-refractivity contribution in [1.29, 1.82) is 0 Å². The Bertz CT molecular complexity index is 291. The molecule has 0 aromatic heterocycles. The first-order valence-electron chi connectivity index (χ1n) is 4.01. The Hall–Kier alpha value is -0.580. The molecule has 1 rings (SSSR count). The van der Waals surface area contributed by atoms with Gasteiger partial charge in [0.25, 0.3) is 0 Å². The normalized spacial score (nSPS) is 12.8. The Labute approximate surface area is 85.3 Å². The first kappa shape index (κ1) is 10.5. The van der Waals surface area contributed by atoms with Gasteiger partial charge in [-0.25, -0.2) is 0 Å². The third-order valence-electron chi connectivity index (χ3n) is 1.79. The van der Waals surface area contributed by atoms with Gasteiger partial charge in [0.15, 0.2) is 0 Å². The standard InChI is InChI=1S/C9H12BrNO2/c10-6-1-2-7(9(13)5-6)8(12)3-4-11/h1-2,5,8,12-13H,3-4,11H2/t8-/m1/s1. The van der Waals surface area contributed by atoms with Crippen LogP contribution in [0.25, 0.3) is 0 Å². The van der Waals surface area contributed by atoms with Crippen LogP contribution in [0.5, 0.6) is 5.75 Å². The van der Waals surface area contributed by atoms with Crippen molar-refractivity contribution in [2.75, 3.05) is 6.54 Å². The van der Waals surface area contributed by atoms with E-state index in [1.54, 1.807) is 18.2 Å². The van der Waals surface area contributed by atoms with Gasteiger partial charge < -0.3 is 15.9 Å². The quantitative estimate of drug-likeness (QED) is 0.757. The lowest BCUT2D eigenvalue weighted by molar-refractivity contribution is 0.166. The van der Waals surface area contributed by atoms with E-state index >= 15 is 0 Å². The zero-order chi connectivity index (χ0) is 9.84. The van der Waals surface area contributed by atoms with Gasteiger partial charge in [-0.2, -0.15) is 0 Å². The minimum absolute atomic E-state index is 0.0929. The van der Waals surface area contributed by atoms with Gasteiger partial charge in [0.1, 0.15) is 5.75 Å². The molecule has 0 radical (unpaired) electrons. The topological polar surface area (TPSA) is 66.5 Å². The van der Waals surface area contributed by atoms with Crippen LogP contribution in [0.1, 0.15) is 18.1 Å². The largest absolute Gasteiger partial charge is 0.508 e. The number of aliphatic hydroxyl groups is 1. The Morgan fingerprint density at radius 1 is 1.46 bits per heavy atom. The molecule has 0 saturated carbocycles. The molecule has 0 spiro atoms. The molecular formula is C9H12BrNO2. The maximum absolute atomic E-state index is 9.54. The fraction of sp³-hybridized carbons (Fsp3) is 0.333. The molecule has 4 heteroatoms. The highest BCUT2D eigenvalue weighted by Crippen LogP contribution is 2.28. The third kappa shape index (κ3) is 2.69. The average molecular weight is 246 g/mol. The summed E-state index contributed by atoms with van der Waals surface area (Å²) in [6.45, 7) is 0.399. The molecule has 1 atom stereocenters. The van der Waals surface area contributed by atoms with Gasteiger partial charge in [-0.05, 0) is 25.1 Å². The number of nitrogens with two attached hydrogens (primary N) is 1. The fourth-order valence-electron chi connectivity index (χ4n) is 1.11. The van der Waals surface area contributed by atoms with Crippen molar-refractivity contribution >= 4 is 15.9 Å². The summed E-state index contributed by atoms with van der Waals surface area (Å²) >= 11 is 3.22. The Kier molecular flexibility index (Phi) is 3.71. The van der Waals surface area contributed by atoms with E-state index in [2.05, 4.69) is 15.9 Å². The second-order valence-corrected chi connectivity index (χ2v) is 3.71. The average Bonchev–Trinajstić information content (AvgIpc) is 2.04. The molecule has 0 fully saturated rings. The predicted molar refractivity (Wildman–Crippen MR) is 54.4 cm³/mol. The van der Waals surface area contributed by atoms with Crippen molar-refractivity contribution in [2.45, 2.75) is 12.5 Å². The van der Waals surface area contributed by atoms with Gasteiger partial charge >= 0.3 is 0 Å². The number of rotatable bonds is 3. The third-order valence-corrected chi connectivity index (χ3v) is 2.28. The van der Waals surface area contributed by atoms with E-state index in [0.29, 0.717) is 18.5 Å². The lowest BCUT2D eigenvalue weighted by Gasteiger charge is -2.11. The number of halogens is 1. The van der Waals surface area contributed by atoms with Crippen molar-refractivity contribution in [1.82, 2.24) is 0 Å². The van der Waals surface area contributed by atoms with E-state index < -0.39 is 6.10 Å². The van der Waals surface area contributed by atoms with E-state index in [-0.39, 0.29) is 5.75 Å². The predicted octanol–water partition coefficient (Wildman–Crippen LogP) is 1.54. The van der Waals surface area contributed by atoms with Crippen molar-refractivity contribution < 1.29 is 10.2 Å². The zero-order valence-electron chi connectivity index (χ0n) is 7.07. The number of benzene rings is 1. The van der Waals surface area contributed by atoms with Crippen molar-refractivity contribution in [3.63, 3.8) is 0 Å². The Morgan fingerprint density at radius 2 is 2.15 bits per heavy atom. The number of hydrogen-bond donors (Lipinski definition) is 3. The number of aromatic hydroxyl groups is 1. The minimum atomic E-state index is -0.682. The molecule has 4 N–H and O–H groups in total. The Balaban J connectivity index is 2.88. The maximum Gasteiger partial charge on any atom is 0.122 e. The molecule has 0 aliphatic rings. The van der Waals surface area contributed by atoms with Crippen LogP contribution in [0.4, 0.5) is 0 Å². The summed E-state index contributed by atoms with van der Waals surface area (Å²) in [5.74, 6) is 0.0929. The molecule has 1 aromatic rings. The second-order valence-electron chi connectivity index (χ2n) is 2.80. The molecule has 0 heterocycles. The smallest absolute Gasteiger partial charge is 0.122 e. The van der Waals surface area contributed by atoms with Gasteiger partial charge in [0.2, 0.25) is 0 Å². The summed E-state index contributed by atoms with van der Waals surface area (Å²) in [4.78, 5) is 0. The summed E-state index contributed by atoms with van der Waals surface area (Å²) in [5.41, 5.74) is 5.82. The van der Waals surface area contributed by atoms with Crippen LogP contribution in [0.15, 0.2) is 22.7 Å². The van der Waals surface area contributed by atoms with E-state index in [4.69, 9.17) is 5.73 Å². The van der Waals surface area contributed by atoms with E-state index in [9.17, 15) is 10.2 Å². The molecule has 0 amide bonds. The van der Waals surface area contributed by atoms with Crippen molar-refractivity contribution in [2.24, 2.45) is 5.73 Å². The van der Waals surface area contributed by atoms with Gasteiger partial charge in [-0.15, -0.1) is 0 Å². The van der Waals surface area contributed by atoms with Gasteiger partial charge in [-0.1, -0.05) is 22.0 Å². The van der Waals surface area contributed by atoms with Gasteiger partial charge in [0.05, 0.1) is 6.10 Å². The van der Waals surface area contributed by atoms with Gasteiger partial charge in [-0.3, -0.25) is 0 Å². The molecule has 72 valence electrons. The number of phenolic OH excluding ortho intramolecular Hbond substituents is 1. The molecule has 3 nitrogen and oxygen atoms in total. The van der Waals surface area contributed by atoms with Crippen LogP contribution >= 0.6 is 15.9 Å². The van der Waals surface area contributed by atoms with Crippen LogP contribution in [0, 0.1) is 0 Å². The zero-order valence-corrected chi connectivity index (χ0v) is 8.66. The highest BCUT2D eigenvalue weighted by molar-refractivity contribution is 9.10. The van der Waals surface area contributed by atoms with Crippen LogP contribution in [0.2, 0.25) is 0 Å². The van der Waals surface area contributed by atoms with Crippen LogP contribution in [-0.2, 0) is 0 Å². The monoisotopic (exact) mass is 245 g/mol. The first-order chi connectivity index (χ1) is 6.15. The summed E-state index contributed by atoms with van der Waals surface area (Å²) < 4.78 is 0.786. The number of phenols is 1. The highest BCUT2D eigenvalue weighted by Gasteiger charge is 2.10. The highest BCUT2D eigenvalue weighted by atomic mass is 79.9. The second kappa shape index (κ2) is 4.60. The molecule has 1 aromatic carbocycles. The van der Waals surface area contributed by atoms with Crippen molar-refractivity contribution in [3.05, 3.63) is 28.2 Å². The molecular weight excluding hydrogens is 234 g/mol. The SMILES string of the molecule is NCC[C@@H](O)c1ccc(Br)cc1O. The van der Waals surface area contributed by atoms with E-state index in [1.165, 1.54) is 0 Å². The van der Waals surface area contributed by atoms with Crippen LogP contribution < -0.4 is 5.73 Å². The molecule has 0 aliphatic carbocycles. The first-order valence-corrected chi connectivity index (χ1v) is 4.81. The van der Waals surface area contributed by atoms with E-state index in [1.807, 2.05) is 0 Å². The van der Waals surface area contributed by atoms with Crippen LogP contribution in [-0.4, -0.2) is 16.8 Å². The molecule has 13 heavy (non-hydrogen) atoms. The summed E-state index contributed by atoms with van der Waals surface area (Å²) in [7, 11) is 0. The maximum atomic E-state index is 9.54.